The monoisotopic (exact) mass is 413 g/mol. The van der Waals surface area contributed by atoms with E-state index in [1.165, 1.54) is 7.11 Å². The Hall–Kier alpha value is -3.69. The highest BCUT2D eigenvalue weighted by molar-refractivity contribution is 5.93. The number of anilines is 3. The van der Waals surface area contributed by atoms with Crippen LogP contribution in [0, 0.1) is 11.7 Å². The van der Waals surface area contributed by atoms with E-state index in [-0.39, 0.29) is 35.4 Å². The van der Waals surface area contributed by atoms with Gasteiger partial charge in [0, 0.05) is 23.0 Å². The second-order valence-corrected chi connectivity index (χ2v) is 7.12. The van der Waals surface area contributed by atoms with E-state index in [0.717, 1.165) is 6.20 Å². The molecule has 0 unspecified atom stereocenters. The fraction of sp³-hybridized carbons (Fsp3) is 0.300. The van der Waals surface area contributed by atoms with Gasteiger partial charge in [-0.3, -0.25) is 4.79 Å². The number of aromatic nitrogens is 2. The van der Waals surface area contributed by atoms with E-state index in [9.17, 15) is 14.0 Å². The molecule has 1 aliphatic rings. The summed E-state index contributed by atoms with van der Waals surface area (Å²) in [5, 5.41) is 6.72. The van der Waals surface area contributed by atoms with Crippen molar-refractivity contribution in [2.24, 2.45) is 11.7 Å². The number of fused-ring (bicyclic) bond motifs is 1. The predicted molar refractivity (Wildman–Crippen MR) is 107 cm³/mol. The smallest absolute Gasteiger partial charge is 0.373 e. The first-order valence-corrected chi connectivity index (χ1v) is 9.40. The van der Waals surface area contributed by atoms with Crippen LogP contribution in [0.5, 0.6) is 0 Å². The molecule has 0 bridgehead atoms. The van der Waals surface area contributed by atoms with Crippen LogP contribution in [0.4, 0.5) is 21.8 Å². The molecule has 1 aromatic carbocycles. The molecule has 1 fully saturated rings. The highest BCUT2D eigenvalue weighted by Crippen LogP contribution is 2.29. The predicted octanol–water partition coefficient (Wildman–Crippen LogP) is 2.96. The lowest BCUT2D eigenvalue weighted by Crippen LogP contribution is -2.23. The minimum absolute atomic E-state index is 0.0555. The average molecular weight is 413 g/mol. The maximum Gasteiger partial charge on any atom is 0.373 e. The molecule has 2 aromatic heterocycles. The number of amides is 1. The Labute approximate surface area is 170 Å². The van der Waals surface area contributed by atoms with Crippen LogP contribution < -0.4 is 16.4 Å². The quantitative estimate of drug-likeness (QED) is 0.526. The Morgan fingerprint density at radius 3 is 2.87 bits per heavy atom. The molecule has 2 atom stereocenters. The number of nitrogens with one attached hydrogen (secondary N) is 2. The fourth-order valence-corrected chi connectivity index (χ4v) is 3.54. The first-order valence-electron chi connectivity index (χ1n) is 9.40. The molecule has 1 aliphatic carbocycles. The molecule has 0 saturated heterocycles. The van der Waals surface area contributed by atoms with E-state index in [2.05, 4.69) is 25.3 Å². The molecule has 0 radical (unpaired) electrons. The Morgan fingerprint density at radius 2 is 2.13 bits per heavy atom. The summed E-state index contributed by atoms with van der Waals surface area (Å²) in [6.45, 7) is 0. The van der Waals surface area contributed by atoms with Crippen molar-refractivity contribution in [2.45, 2.75) is 25.3 Å². The third kappa shape index (κ3) is 4.02. The summed E-state index contributed by atoms with van der Waals surface area (Å²) < 4.78 is 24.3. The molecule has 2 heterocycles. The van der Waals surface area contributed by atoms with Gasteiger partial charge in [-0.15, -0.1) is 0 Å². The maximum absolute atomic E-state index is 14.2. The minimum atomic E-state index is -0.587. The van der Waals surface area contributed by atoms with Crippen molar-refractivity contribution in [1.29, 1.82) is 0 Å². The van der Waals surface area contributed by atoms with Crippen LogP contribution in [-0.2, 0) is 9.53 Å². The molecule has 10 heteroatoms. The van der Waals surface area contributed by atoms with Gasteiger partial charge >= 0.3 is 5.97 Å². The second-order valence-electron chi connectivity index (χ2n) is 7.12. The van der Waals surface area contributed by atoms with Crippen molar-refractivity contribution >= 4 is 40.3 Å². The van der Waals surface area contributed by atoms with E-state index in [1.54, 1.807) is 24.3 Å². The van der Waals surface area contributed by atoms with Crippen LogP contribution in [-0.4, -0.2) is 35.0 Å². The van der Waals surface area contributed by atoms with Crippen LogP contribution in [0.15, 0.2) is 34.9 Å². The van der Waals surface area contributed by atoms with Crippen LogP contribution in [0.3, 0.4) is 0 Å². The molecule has 30 heavy (non-hydrogen) atoms. The van der Waals surface area contributed by atoms with E-state index >= 15 is 0 Å². The van der Waals surface area contributed by atoms with Gasteiger partial charge in [-0.2, -0.15) is 4.98 Å². The SMILES string of the molecule is COC(=O)c1cc2cc(Nc3ncc(F)c(N[C@@H]4CC[C@H](C(N)=O)C4)n3)ccc2o1. The van der Waals surface area contributed by atoms with Crippen molar-refractivity contribution < 1.29 is 23.1 Å². The van der Waals surface area contributed by atoms with Crippen LogP contribution >= 0.6 is 0 Å². The lowest BCUT2D eigenvalue weighted by molar-refractivity contribution is -0.121. The molecule has 156 valence electrons. The number of hydrogen-bond acceptors (Lipinski definition) is 8. The lowest BCUT2D eigenvalue weighted by Gasteiger charge is -2.14. The molecule has 1 amide bonds. The highest BCUT2D eigenvalue weighted by atomic mass is 19.1. The highest BCUT2D eigenvalue weighted by Gasteiger charge is 2.29. The topological polar surface area (TPSA) is 132 Å². The number of nitrogens with zero attached hydrogens (tertiary/aromatic N) is 2. The van der Waals surface area contributed by atoms with Crippen molar-refractivity contribution in [1.82, 2.24) is 9.97 Å². The van der Waals surface area contributed by atoms with Crippen molar-refractivity contribution in [3.63, 3.8) is 0 Å². The summed E-state index contributed by atoms with van der Waals surface area (Å²) in [6, 6.07) is 6.65. The largest absolute Gasteiger partial charge is 0.463 e. The summed E-state index contributed by atoms with van der Waals surface area (Å²) in [5.41, 5.74) is 6.50. The van der Waals surface area contributed by atoms with Gasteiger partial charge in [0.15, 0.2) is 11.6 Å². The van der Waals surface area contributed by atoms with Crippen LogP contribution in [0.25, 0.3) is 11.0 Å². The van der Waals surface area contributed by atoms with Gasteiger partial charge in [-0.25, -0.2) is 14.2 Å². The number of halogens is 1. The normalized spacial score (nSPS) is 18.3. The van der Waals surface area contributed by atoms with E-state index < -0.39 is 11.8 Å². The van der Waals surface area contributed by atoms with E-state index in [1.807, 2.05) is 0 Å². The average Bonchev–Trinajstić information content (AvgIpc) is 3.36. The summed E-state index contributed by atoms with van der Waals surface area (Å²) in [5.74, 6) is -1.35. The molecular formula is C20H20FN5O4. The van der Waals surface area contributed by atoms with E-state index in [4.69, 9.17) is 10.2 Å². The van der Waals surface area contributed by atoms with Crippen LogP contribution in [0.2, 0.25) is 0 Å². The Kier molecular flexibility index (Phi) is 5.21. The molecule has 0 spiro atoms. The Morgan fingerprint density at radius 1 is 1.30 bits per heavy atom. The first-order chi connectivity index (χ1) is 14.4. The molecule has 9 nitrogen and oxygen atoms in total. The number of benzene rings is 1. The van der Waals surface area contributed by atoms with E-state index in [0.29, 0.717) is 35.9 Å². The molecule has 0 aliphatic heterocycles. The van der Waals surface area contributed by atoms with Gasteiger partial charge < -0.3 is 25.5 Å². The first kappa shape index (κ1) is 19.6. The van der Waals surface area contributed by atoms with Gasteiger partial charge in [-0.1, -0.05) is 0 Å². The lowest BCUT2D eigenvalue weighted by atomic mass is 10.1. The summed E-state index contributed by atoms with van der Waals surface area (Å²) in [6.07, 6.45) is 2.99. The molecule has 3 aromatic rings. The maximum atomic E-state index is 14.2. The second kappa shape index (κ2) is 7.97. The minimum Gasteiger partial charge on any atom is -0.463 e. The zero-order valence-electron chi connectivity index (χ0n) is 16.1. The number of nitrogens with two attached hydrogens (primary N) is 1. The number of primary amides is 1. The van der Waals surface area contributed by atoms with Gasteiger partial charge in [0.25, 0.3) is 0 Å². The number of carbonyl (C=O) groups excluding carboxylic acids is 2. The zero-order valence-corrected chi connectivity index (χ0v) is 16.1. The standard InChI is InChI=1S/C20H20FN5O4/c1-29-19(28)16-8-11-7-13(4-5-15(11)30-16)25-20-23-9-14(21)18(26-20)24-12-3-2-10(6-12)17(22)27/h4-5,7-10,12H,2-3,6H2,1H3,(H2,22,27)(H2,23,24,25,26)/t10-,12+/m0/s1. The Bertz CT molecular complexity index is 1120. The number of hydrogen-bond donors (Lipinski definition) is 3. The summed E-state index contributed by atoms with van der Waals surface area (Å²) >= 11 is 0. The van der Waals surface area contributed by atoms with Gasteiger partial charge in [-0.05, 0) is 43.5 Å². The fourth-order valence-electron chi connectivity index (χ4n) is 3.54. The molecule has 4 N–H and O–H groups in total. The number of methoxy groups -OCH3 is 1. The van der Waals surface area contributed by atoms with Gasteiger partial charge in [0.05, 0.1) is 13.3 Å². The zero-order chi connectivity index (χ0) is 21.3. The number of furan rings is 1. The third-order valence-corrected chi connectivity index (χ3v) is 5.08. The summed E-state index contributed by atoms with van der Waals surface area (Å²) in [7, 11) is 1.28. The summed E-state index contributed by atoms with van der Waals surface area (Å²) in [4.78, 5) is 31.1. The Balaban J connectivity index is 1.50. The van der Waals surface area contributed by atoms with Crippen molar-refractivity contribution in [3.05, 3.63) is 42.0 Å². The number of rotatable bonds is 6. The molecular weight excluding hydrogens is 393 g/mol. The van der Waals surface area contributed by atoms with Gasteiger partial charge in [0.1, 0.15) is 5.58 Å². The number of carbonyl (C=O) groups is 2. The van der Waals surface area contributed by atoms with Crippen molar-refractivity contribution in [3.8, 4) is 0 Å². The van der Waals surface area contributed by atoms with Gasteiger partial charge in [0.2, 0.25) is 17.6 Å². The molecule has 1 saturated carbocycles. The molecule has 4 rings (SSSR count). The number of ether oxygens (including phenoxy) is 1. The van der Waals surface area contributed by atoms with Crippen LogP contribution in [0.1, 0.15) is 29.8 Å². The number of esters is 1. The third-order valence-electron chi connectivity index (χ3n) is 5.08. The van der Waals surface area contributed by atoms with Crippen molar-refractivity contribution in [2.75, 3.05) is 17.7 Å².